The first-order valence-corrected chi connectivity index (χ1v) is 12.7. The lowest BCUT2D eigenvalue weighted by atomic mass is 10.1. The molecule has 1 amide bonds. The maximum Gasteiger partial charge on any atom is 0.346 e. The van der Waals surface area contributed by atoms with E-state index < -0.39 is 27.6 Å². The molecule has 4 aromatic rings. The predicted octanol–water partition coefficient (Wildman–Crippen LogP) is 4.06. The minimum Gasteiger partial charge on any atom is -0.467 e. The molecule has 0 aliphatic heterocycles. The van der Waals surface area contributed by atoms with E-state index in [0.717, 1.165) is 11.1 Å². The number of carbonyl (C=O) groups excluding carboxylic acids is 1. The molecule has 1 heterocycles. The second kappa shape index (κ2) is 10.1. The molecule has 0 aliphatic carbocycles. The fourth-order valence-corrected chi connectivity index (χ4v) is 5.48. The van der Waals surface area contributed by atoms with Crippen LogP contribution in [-0.4, -0.2) is 27.5 Å². The number of methoxy groups -OCH3 is 1. The topological polar surface area (TPSA) is 120 Å². The standard InChI is InChI=1S/C26H23ClN2O6S/c1-16-8-11-19(12-9-16)36(32,33)29(24(30)22(28)14-17-6-4-3-5-7-17)18-10-13-20-21(15-18)25(31)35-26(34-2)23(20)27/h3-13,15,22H,14,28H2,1-2H3. The quantitative estimate of drug-likeness (QED) is 0.385. The Morgan fingerprint density at radius 2 is 1.72 bits per heavy atom. The average molecular weight is 527 g/mol. The molecule has 0 radical (unpaired) electrons. The number of amides is 1. The lowest BCUT2D eigenvalue weighted by molar-refractivity contribution is -0.118. The van der Waals surface area contributed by atoms with E-state index in [2.05, 4.69) is 0 Å². The van der Waals surface area contributed by atoms with Crippen molar-refractivity contribution in [3.05, 3.63) is 99.4 Å². The molecule has 0 bridgehead atoms. The molecule has 0 fully saturated rings. The summed E-state index contributed by atoms with van der Waals surface area (Å²) in [4.78, 5) is 26.1. The number of aryl methyl sites for hydroxylation is 1. The van der Waals surface area contributed by atoms with Gasteiger partial charge in [-0.2, -0.15) is 0 Å². The van der Waals surface area contributed by atoms with Crippen LogP contribution in [0.5, 0.6) is 5.95 Å². The van der Waals surface area contributed by atoms with Gasteiger partial charge in [-0.05, 0) is 43.2 Å². The van der Waals surface area contributed by atoms with Crippen molar-refractivity contribution in [2.24, 2.45) is 5.73 Å². The molecule has 1 unspecified atom stereocenters. The van der Waals surface area contributed by atoms with Crippen LogP contribution in [0.25, 0.3) is 10.8 Å². The zero-order valence-corrected chi connectivity index (χ0v) is 21.0. The molecule has 10 heteroatoms. The SMILES string of the molecule is COc1oc(=O)c2cc(N(C(=O)C(N)Cc3ccccc3)S(=O)(=O)c3ccc(C)cc3)ccc2c1Cl. The van der Waals surface area contributed by atoms with Gasteiger partial charge in [-0.3, -0.25) is 4.79 Å². The second-order valence-corrected chi connectivity index (χ2v) is 10.3. The maximum atomic E-state index is 13.7. The third-order valence-corrected chi connectivity index (χ3v) is 7.72. The van der Waals surface area contributed by atoms with E-state index in [1.807, 2.05) is 13.0 Å². The number of halogens is 1. The number of carbonyl (C=O) groups is 1. The third-order valence-electron chi connectivity index (χ3n) is 5.62. The first kappa shape index (κ1) is 25.4. The highest BCUT2D eigenvalue weighted by Crippen LogP contribution is 2.34. The summed E-state index contributed by atoms with van der Waals surface area (Å²) in [5.41, 5.74) is 6.95. The van der Waals surface area contributed by atoms with Crippen molar-refractivity contribution in [1.29, 1.82) is 0 Å². The third kappa shape index (κ3) is 4.86. The van der Waals surface area contributed by atoms with Crippen molar-refractivity contribution in [2.45, 2.75) is 24.3 Å². The van der Waals surface area contributed by atoms with Crippen molar-refractivity contribution < 1.29 is 22.4 Å². The molecule has 3 aromatic carbocycles. The van der Waals surface area contributed by atoms with Gasteiger partial charge in [0.25, 0.3) is 15.9 Å². The van der Waals surface area contributed by atoms with Crippen molar-refractivity contribution in [3.63, 3.8) is 0 Å². The number of anilines is 1. The smallest absolute Gasteiger partial charge is 0.346 e. The number of benzene rings is 3. The van der Waals surface area contributed by atoms with Crippen LogP contribution in [-0.2, 0) is 21.2 Å². The Morgan fingerprint density at radius 3 is 2.36 bits per heavy atom. The molecule has 1 atom stereocenters. The summed E-state index contributed by atoms with van der Waals surface area (Å²) in [7, 11) is -3.10. The van der Waals surface area contributed by atoms with Crippen LogP contribution in [0, 0.1) is 6.92 Å². The van der Waals surface area contributed by atoms with Gasteiger partial charge in [0, 0.05) is 5.39 Å². The summed E-state index contributed by atoms with van der Waals surface area (Å²) < 4.78 is 38.2. The van der Waals surface area contributed by atoms with Gasteiger partial charge in [0.1, 0.15) is 5.02 Å². The molecule has 0 saturated heterocycles. The highest BCUT2D eigenvalue weighted by molar-refractivity contribution is 7.93. The van der Waals surface area contributed by atoms with Gasteiger partial charge in [0.2, 0.25) is 0 Å². The minimum atomic E-state index is -4.40. The highest BCUT2D eigenvalue weighted by atomic mass is 35.5. The van der Waals surface area contributed by atoms with Crippen molar-refractivity contribution >= 4 is 44.0 Å². The molecule has 8 nitrogen and oxygen atoms in total. The molecule has 186 valence electrons. The summed E-state index contributed by atoms with van der Waals surface area (Å²) in [6.45, 7) is 1.82. The fourth-order valence-electron chi connectivity index (χ4n) is 3.75. The summed E-state index contributed by atoms with van der Waals surface area (Å²) in [6, 6.07) is 18.0. The number of ether oxygens (including phenoxy) is 1. The number of fused-ring (bicyclic) bond motifs is 1. The van der Waals surface area contributed by atoms with Crippen molar-refractivity contribution in [2.75, 3.05) is 11.4 Å². The van der Waals surface area contributed by atoms with Crippen LogP contribution in [0.1, 0.15) is 11.1 Å². The number of rotatable bonds is 7. The molecule has 36 heavy (non-hydrogen) atoms. The van der Waals surface area contributed by atoms with Crippen LogP contribution < -0.4 is 20.4 Å². The largest absolute Gasteiger partial charge is 0.467 e. The highest BCUT2D eigenvalue weighted by Gasteiger charge is 2.34. The number of hydrogen-bond acceptors (Lipinski definition) is 7. The van der Waals surface area contributed by atoms with Gasteiger partial charge in [-0.15, -0.1) is 0 Å². The van der Waals surface area contributed by atoms with Gasteiger partial charge < -0.3 is 14.9 Å². The molecular formula is C26H23ClN2O6S. The first-order valence-electron chi connectivity index (χ1n) is 10.9. The molecule has 0 aliphatic rings. The lowest BCUT2D eigenvalue weighted by Gasteiger charge is -2.26. The van der Waals surface area contributed by atoms with E-state index in [1.165, 1.54) is 37.4 Å². The Balaban J connectivity index is 1.87. The number of hydrogen-bond donors (Lipinski definition) is 1. The Morgan fingerprint density at radius 1 is 1.06 bits per heavy atom. The summed E-state index contributed by atoms with van der Waals surface area (Å²) in [5.74, 6) is -1.03. The zero-order chi connectivity index (χ0) is 26.0. The summed E-state index contributed by atoms with van der Waals surface area (Å²) >= 11 is 6.27. The van der Waals surface area contributed by atoms with E-state index in [9.17, 15) is 18.0 Å². The number of nitrogens with zero attached hydrogens (tertiary/aromatic N) is 1. The molecule has 2 N–H and O–H groups in total. The summed E-state index contributed by atoms with van der Waals surface area (Å²) in [6.07, 6.45) is 0.109. The van der Waals surface area contributed by atoms with Gasteiger partial charge in [-0.25, -0.2) is 17.5 Å². The predicted molar refractivity (Wildman–Crippen MR) is 138 cm³/mol. The second-order valence-electron chi connectivity index (χ2n) is 8.14. The fraction of sp³-hybridized carbons (Fsp3) is 0.154. The molecular weight excluding hydrogens is 504 g/mol. The monoisotopic (exact) mass is 526 g/mol. The van der Waals surface area contributed by atoms with Crippen LogP contribution >= 0.6 is 11.6 Å². The van der Waals surface area contributed by atoms with Crippen LogP contribution in [0.15, 0.2) is 86.9 Å². The normalized spacial score (nSPS) is 12.3. The van der Waals surface area contributed by atoms with Crippen LogP contribution in [0.3, 0.4) is 0 Å². The Bertz CT molecular complexity index is 1590. The number of nitrogens with two attached hydrogens (primary N) is 1. The van der Waals surface area contributed by atoms with E-state index in [1.54, 1.807) is 36.4 Å². The van der Waals surface area contributed by atoms with Gasteiger partial charge in [0.05, 0.1) is 29.1 Å². The maximum absolute atomic E-state index is 13.7. The lowest BCUT2D eigenvalue weighted by Crippen LogP contribution is -2.48. The van der Waals surface area contributed by atoms with Crippen LogP contribution in [0.4, 0.5) is 5.69 Å². The van der Waals surface area contributed by atoms with E-state index >= 15 is 0 Å². The van der Waals surface area contributed by atoms with Crippen molar-refractivity contribution in [3.8, 4) is 5.95 Å². The Labute approximate surface area is 212 Å². The van der Waals surface area contributed by atoms with Crippen molar-refractivity contribution in [1.82, 2.24) is 0 Å². The van der Waals surface area contributed by atoms with E-state index in [0.29, 0.717) is 4.31 Å². The molecule has 0 saturated carbocycles. The Kier molecular flexibility index (Phi) is 7.16. The van der Waals surface area contributed by atoms with Gasteiger partial charge in [0.15, 0.2) is 0 Å². The minimum absolute atomic E-state index is 0.0214. The first-order chi connectivity index (χ1) is 17.1. The zero-order valence-electron chi connectivity index (χ0n) is 19.5. The van der Waals surface area contributed by atoms with Crippen LogP contribution in [0.2, 0.25) is 5.02 Å². The summed E-state index contributed by atoms with van der Waals surface area (Å²) in [5, 5.41) is 0.299. The molecule has 1 aromatic heterocycles. The molecule has 4 rings (SSSR count). The molecule has 0 spiro atoms. The van der Waals surface area contributed by atoms with Gasteiger partial charge in [-0.1, -0.05) is 65.7 Å². The van der Waals surface area contributed by atoms with Gasteiger partial charge >= 0.3 is 11.6 Å². The Hall–Kier alpha value is -3.66. The number of sulfonamides is 1. The van der Waals surface area contributed by atoms with E-state index in [-0.39, 0.29) is 38.7 Å². The average Bonchev–Trinajstić information content (AvgIpc) is 2.87. The van der Waals surface area contributed by atoms with E-state index in [4.69, 9.17) is 26.5 Å².